The average Bonchev–Trinajstić information content (AvgIpc) is 2.34. The van der Waals surface area contributed by atoms with E-state index >= 15 is 0 Å². The van der Waals surface area contributed by atoms with Gasteiger partial charge in [0.2, 0.25) is 5.91 Å². The first kappa shape index (κ1) is 12.9. The van der Waals surface area contributed by atoms with Crippen LogP contribution in [0.4, 0.5) is 5.69 Å². The van der Waals surface area contributed by atoms with Gasteiger partial charge in [-0.25, -0.2) is 4.79 Å². The molecule has 1 aromatic carbocycles. The SMILES string of the molecule is CC1Sc2ccc(C(=O)O)cc2N(CCO)C1=O. The van der Waals surface area contributed by atoms with Crippen LogP contribution in [0.3, 0.4) is 0 Å². The standard InChI is InChI=1S/C12H13NO4S/c1-7-11(15)13(4-5-14)9-6-8(12(16)17)2-3-10(9)18-7/h2-3,6-7,14H,4-5H2,1H3,(H,16,17). The molecule has 2 N–H and O–H groups in total. The van der Waals surface area contributed by atoms with Gasteiger partial charge in [0.25, 0.3) is 0 Å². The topological polar surface area (TPSA) is 77.8 Å². The Hall–Kier alpha value is -1.53. The van der Waals surface area contributed by atoms with Crippen LogP contribution in [-0.4, -0.2) is 40.5 Å². The van der Waals surface area contributed by atoms with Gasteiger partial charge in [-0.05, 0) is 25.1 Å². The first-order valence-corrected chi connectivity index (χ1v) is 6.39. The highest BCUT2D eigenvalue weighted by Gasteiger charge is 2.30. The fourth-order valence-corrected chi connectivity index (χ4v) is 2.92. The van der Waals surface area contributed by atoms with E-state index in [1.165, 1.54) is 28.8 Å². The van der Waals surface area contributed by atoms with Crippen molar-refractivity contribution >= 4 is 29.3 Å². The lowest BCUT2D eigenvalue weighted by atomic mass is 10.1. The Morgan fingerprint density at radius 1 is 1.50 bits per heavy atom. The molecule has 0 fully saturated rings. The molecular weight excluding hydrogens is 254 g/mol. The van der Waals surface area contributed by atoms with Crippen molar-refractivity contribution < 1.29 is 19.8 Å². The zero-order valence-electron chi connectivity index (χ0n) is 9.79. The number of fused-ring (bicyclic) bond motifs is 1. The molecule has 0 bridgehead atoms. The third-order valence-electron chi connectivity index (χ3n) is 2.74. The molecule has 1 aliphatic rings. The second-order valence-corrected chi connectivity index (χ2v) is 5.34. The van der Waals surface area contributed by atoms with Gasteiger partial charge >= 0.3 is 5.97 Å². The van der Waals surface area contributed by atoms with Gasteiger partial charge < -0.3 is 15.1 Å². The molecule has 0 spiro atoms. The van der Waals surface area contributed by atoms with E-state index in [4.69, 9.17) is 10.2 Å². The Labute approximate surface area is 108 Å². The number of carbonyl (C=O) groups excluding carboxylic acids is 1. The summed E-state index contributed by atoms with van der Waals surface area (Å²) in [7, 11) is 0. The monoisotopic (exact) mass is 267 g/mol. The minimum atomic E-state index is -1.03. The van der Waals surface area contributed by atoms with E-state index in [-0.39, 0.29) is 29.9 Å². The molecule has 0 aliphatic carbocycles. The van der Waals surface area contributed by atoms with Crippen molar-refractivity contribution in [3.05, 3.63) is 23.8 Å². The Bertz CT molecular complexity index is 503. The summed E-state index contributed by atoms with van der Waals surface area (Å²) in [6, 6.07) is 4.70. The number of carboxylic acids is 1. The van der Waals surface area contributed by atoms with E-state index in [0.717, 1.165) is 4.90 Å². The molecule has 1 heterocycles. The van der Waals surface area contributed by atoms with Gasteiger partial charge in [0, 0.05) is 11.4 Å². The number of rotatable bonds is 3. The van der Waals surface area contributed by atoms with Crippen molar-refractivity contribution in [1.29, 1.82) is 0 Å². The summed E-state index contributed by atoms with van der Waals surface area (Å²) in [5, 5.41) is 17.7. The highest BCUT2D eigenvalue weighted by molar-refractivity contribution is 8.00. The predicted octanol–water partition coefficient (Wildman–Crippen LogP) is 1.20. The van der Waals surface area contributed by atoms with Crippen molar-refractivity contribution in [3.8, 4) is 0 Å². The number of aromatic carboxylic acids is 1. The second-order valence-electron chi connectivity index (χ2n) is 3.96. The summed E-state index contributed by atoms with van der Waals surface area (Å²) in [6.45, 7) is 1.82. The van der Waals surface area contributed by atoms with E-state index < -0.39 is 5.97 Å². The highest BCUT2D eigenvalue weighted by atomic mass is 32.2. The molecule has 1 aromatic rings. The van der Waals surface area contributed by atoms with E-state index in [1.807, 2.05) is 0 Å². The highest BCUT2D eigenvalue weighted by Crippen LogP contribution is 2.39. The average molecular weight is 267 g/mol. The number of benzene rings is 1. The zero-order chi connectivity index (χ0) is 13.3. The van der Waals surface area contributed by atoms with Gasteiger partial charge in [-0.1, -0.05) is 0 Å². The normalized spacial score (nSPS) is 18.7. The Kier molecular flexibility index (Phi) is 3.58. The number of nitrogens with zero attached hydrogens (tertiary/aromatic N) is 1. The lowest BCUT2D eigenvalue weighted by Crippen LogP contribution is -2.41. The van der Waals surface area contributed by atoms with Crippen LogP contribution >= 0.6 is 11.8 Å². The fraction of sp³-hybridized carbons (Fsp3) is 0.333. The minimum absolute atomic E-state index is 0.107. The van der Waals surface area contributed by atoms with Crippen LogP contribution in [0.25, 0.3) is 0 Å². The van der Waals surface area contributed by atoms with Crippen LogP contribution in [0.1, 0.15) is 17.3 Å². The third kappa shape index (κ3) is 2.21. The predicted molar refractivity (Wildman–Crippen MR) is 68.2 cm³/mol. The van der Waals surface area contributed by atoms with Crippen LogP contribution in [0.5, 0.6) is 0 Å². The Balaban J connectivity index is 2.48. The Morgan fingerprint density at radius 2 is 2.22 bits per heavy atom. The first-order valence-electron chi connectivity index (χ1n) is 5.51. The number of β-amino-alcohol motifs (C(OH)–C–C–N with tert-alkyl or cyclic N) is 1. The number of aliphatic hydroxyl groups is 1. The summed E-state index contributed by atoms with van der Waals surface area (Å²) in [5.41, 5.74) is 0.705. The van der Waals surface area contributed by atoms with Crippen molar-refractivity contribution in [3.63, 3.8) is 0 Å². The third-order valence-corrected chi connectivity index (χ3v) is 3.89. The number of carbonyl (C=O) groups is 2. The van der Waals surface area contributed by atoms with Crippen molar-refractivity contribution in [1.82, 2.24) is 0 Å². The molecule has 0 radical (unpaired) electrons. The molecule has 0 aromatic heterocycles. The zero-order valence-corrected chi connectivity index (χ0v) is 10.6. The molecule has 0 saturated heterocycles. The summed E-state index contributed by atoms with van der Waals surface area (Å²) in [6.07, 6.45) is 0. The smallest absolute Gasteiger partial charge is 0.335 e. The Morgan fingerprint density at radius 3 is 2.83 bits per heavy atom. The van der Waals surface area contributed by atoms with Gasteiger partial charge in [0.05, 0.1) is 23.1 Å². The molecule has 0 saturated carbocycles. The maximum atomic E-state index is 12.0. The fourth-order valence-electron chi connectivity index (χ4n) is 1.87. The number of carboxylic acid groups (broad SMARTS) is 1. The van der Waals surface area contributed by atoms with E-state index in [2.05, 4.69) is 0 Å². The van der Waals surface area contributed by atoms with Gasteiger partial charge in [-0.3, -0.25) is 4.79 Å². The molecule has 96 valence electrons. The number of amides is 1. The van der Waals surface area contributed by atoms with Crippen LogP contribution in [-0.2, 0) is 4.79 Å². The van der Waals surface area contributed by atoms with E-state index in [0.29, 0.717) is 5.69 Å². The number of aliphatic hydroxyl groups excluding tert-OH is 1. The lowest BCUT2D eigenvalue weighted by molar-refractivity contribution is -0.118. The van der Waals surface area contributed by atoms with E-state index in [9.17, 15) is 9.59 Å². The van der Waals surface area contributed by atoms with Crippen molar-refractivity contribution in [2.45, 2.75) is 17.1 Å². The molecular formula is C12H13NO4S. The quantitative estimate of drug-likeness (QED) is 0.860. The van der Waals surface area contributed by atoms with Gasteiger partial charge in [-0.15, -0.1) is 11.8 Å². The lowest BCUT2D eigenvalue weighted by Gasteiger charge is -2.32. The van der Waals surface area contributed by atoms with Crippen molar-refractivity contribution in [2.75, 3.05) is 18.1 Å². The molecule has 18 heavy (non-hydrogen) atoms. The maximum Gasteiger partial charge on any atom is 0.335 e. The van der Waals surface area contributed by atoms with Gasteiger partial charge in [0.1, 0.15) is 0 Å². The van der Waals surface area contributed by atoms with Crippen LogP contribution in [0.15, 0.2) is 23.1 Å². The van der Waals surface area contributed by atoms with Gasteiger partial charge in [-0.2, -0.15) is 0 Å². The van der Waals surface area contributed by atoms with Crippen LogP contribution < -0.4 is 4.90 Å². The maximum absolute atomic E-state index is 12.0. The molecule has 6 heteroatoms. The summed E-state index contributed by atoms with van der Waals surface area (Å²) < 4.78 is 0. The number of anilines is 1. The molecule has 1 atom stereocenters. The number of thioether (sulfide) groups is 1. The molecule has 5 nitrogen and oxygen atoms in total. The summed E-state index contributed by atoms with van der Waals surface area (Å²) in [4.78, 5) is 25.3. The number of hydrogen-bond acceptors (Lipinski definition) is 4. The van der Waals surface area contributed by atoms with Crippen LogP contribution in [0, 0.1) is 0 Å². The minimum Gasteiger partial charge on any atom is -0.478 e. The first-order chi connectivity index (χ1) is 8.54. The summed E-state index contributed by atoms with van der Waals surface area (Å²) >= 11 is 1.40. The molecule has 2 rings (SSSR count). The van der Waals surface area contributed by atoms with Gasteiger partial charge in [0.15, 0.2) is 0 Å². The number of hydrogen-bond donors (Lipinski definition) is 2. The second kappa shape index (κ2) is 4.99. The van der Waals surface area contributed by atoms with Crippen molar-refractivity contribution in [2.24, 2.45) is 0 Å². The largest absolute Gasteiger partial charge is 0.478 e. The molecule has 1 amide bonds. The molecule has 1 aliphatic heterocycles. The van der Waals surface area contributed by atoms with Crippen LogP contribution in [0.2, 0.25) is 0 Å². The summed E-state index contributed by atoms with van der Waals surface area (Å²) in [5.74, 6) is -1.14. The molecule has 1 unspecified atom stereocenters. The van der Waals surface area contributed by atoms with E-state index in [1.54, 1.807) is 13.0 Å².